The van der Waals surface area contributed by atoms with Crippen LogP contribution in [0.15, 0.2) is 18.2 Å². The van der Waals surface area contributed by atoms with Gasteiger partial charge in [0.1, 0.15) is 0 Å². The first-order chi connectivity index (χ1) is 11.6. The average Bonchev–Trinajstić information content (AvgIpc) is 2.82. The Labute approximate surface area is 146 Å². The topological polar surface area (TPSA) is 32.3 Å². The number of fused-ring (bicyclic) bond motifs is 1. The first-order valence-electron chi connectivity index (χ1n) is 9.75. The van der Waals surface area contributed by atoms with Crippen molar-refractivity contribution in [3.05, 3.63) is 29.3 Å². The molecule has 0 bridgehead atoms. The van der Waals surface area contributed by atoms with Crippen molar-refractivity contribution < 1.29 is 4.79 Å². The number of amides is 1. The van der Waals surface area contributed by atoms with E-state index in [1.54, 1.807) is 0 Å². The van der Waals surface area contributed by atoms with Gasteiger partial charge in [0, 0.05) is 24.7 Å². The smallest absolute Gasteiger partial charge is 0.225 e. The predicted octanol–water partition coefficient (Wildman–Crippen LogP) is 4.68. The summed E-state index contributed by atoms with van der Waals surface area (Å²) in [5.74, 6) is 1.03. The molecule has 0 spiro atoms. The summed E-state index contributed by atoms with van der Waals surface area (Å²) in [6, 6.07) is 6.89. The van der Waals surface area contributed by atoms with Crippen LogP contribution in [0.2, 0.25) is 0 Å². The molecule has 0 radical (unpaired) electrons. The number of likely N-dealkylation sites (tertiary alicyclic amines) is 1. The van der Waals surface area contributed by atoms with Gasteiger partial charge in [-0.3, -0.25) is 9.69 Å². The highest BCUT2D eigenvalue weighted by Crippen LogP contribution is 2.34. The molecular formula is C21H32N2O. The molecule has 2 fully saturated rings. The number of anilines is 1. The summed E-state index contributed by atoms with van der Waals surface area (Å²) in [6.07, 6.45) is 10.2. The van der Waals surface area contributed by atoms with Crippen LogP contribution >= 0.6 is 0 Å². The summed E-state index contributed by atoms with van der Waals surface area (Å²) < 4.78 is 0. The third-order valence-corrected chi connectivity index (χ3v) is 5.98. The van der Waals surface area contributed by atoms with Crippen LogP contribution in [0.25, 0.3) is 0 Å². The van der Waals surface area contributed by atoms with Gasteiger partial charge in [0.15, 0.2) is 0 Å². The van der Waals surface area contributed by atoms with E-state index in [0.29, 0.717) is 6.42 Å². The molecule has 3 heteroatoms. The number of aryl methyl sites for hydroxylation is 2. The van der Waals surface area contributed by atoms with Gasteiger partial charge in [0.05, 0.1) is 0 Å². The van der Waals surface area contributed by atoms with E-state index < -0.39 is 0 Å². The number of carbonyl (C=O) groups is 1. The lowest BCUT2D eigenvalue weighted by Crippen LogP contribution is -2.45. The third-order valence-electron chi connectivity index (χ3n) is 5.98. The molecule has 1 saturated heterocycles. The van der Waals surface area contributed by atoms with Crippen LogP contribution in [-0.2, 0) is 4.79 Å². The largest absolute Gasteiger partial charge is 0.326 e. The molecule has 1 aromatic carbocycles. The quantitative estimate of drug-likeness (QED) is 0.870. The molecule has 2 aliphatic rings. The number of hydrogen-bond donors (Lipinski definition) is 1. The van der Waals surface area contributed by atoms with Gasteiger partial charge in [-0.1, -0.05) is 37.5 Å². The number of hydrogen-bond acceptors (Lipinski definition) is 2. The Hall–Kier alpha value is -1.35. The number of benzene rings is 1. The molecule has 1 amide bonds. The fraction of sp³-hybridized carbons (Fsp3) is 0.667. The standard InChI is InChI=1S/C21H32N2O/c1-16-8-6-9-17(2)21(16)22-20(24)13-15-23-14-7-11-18-10-4-3-5-12-19(18)23/h6,8-9,18-19H,3-5,7,10-15H2,1-2H3,(H,22,24)/t18-,19-/m1/s1. The Kier molecular flexibility index (Phi) is 5.94. The summed E-state index contributed by atoms with van der Waals surface area (Å²) in [6.45, 7) is 6.21. The van der Waals surface area contributed by atoms with Crippen LogP contribution in [0.5, 0.6) is 0 Å². The Morgan fingerprint density at radius 2 is 1.79 bits per heavy atom. The second-order valence-corrected chi connectivity index (χ2v) is 7.71. The molecule has 0 aromatic heterocycles. The van der Waals surface area contributed by atoms with Gasteiger partial charge in [0.25, 0.3) is 0 Å². The summed E-state index contributed by atoms with van der Waals surface area (Å²) in [4.78, 5) is 15.1. The number of rotatable bonds is 4. The second kappa shape index (κ2) is 8.15. The highest BCUT2D eigenvalue weighted by molar-refractivity contribution is 5.92. The molecule has 1 aliphatic heterocycles. The van der Waals surface area contributed by atoms with E-state index in [9.17, 15) is 4.79 Å². The first-order valence-corrected chi connectivity index (χ1v) is 9.75. The van der Waals surface area contributed by atoms with E-state index in [1.165, 1.54) is 51.5 Å². The van der Waals surface area contributed by atoms with E-state index in [-0.39, 0.29) is 5.91 Å². The Morgan fingerprint density at radius 3 is 2.58 bits per heavy atom. The van der Waals surface area contributed by atoms with Gasteiger partial charge >= 0.3 is 0 Å². The van der Waals surface area contributed by atoms with Crippen molar-refractivity contribution in [2.75, 3.05) is 18.4 Å². The fourth-order valence-electron chi connectivity index (χ4n) is 4.64. The van der Waals surface area contributed by atoms with Crippen LogP contribution in [0, 0.1) is 19.8 Å². The zero-order valence-electron chi connectivity index (χ0n) is 15.3. The monoisotopic (exact) mass is 328 g/mol. The summed E-state index contributed by atoms with van der Waals surface area (Å²) >= 11 is 0. The van der Waals surface area contributed by atoms with Crippen LogP contribution in [0.4, 0.5) is 5.69 Å². The van der Waals surface area contributed by atoms with Crippen molar-refractivity contribution in [2.24, 2.45) is 5.92 Å². The van der Waals surface area contributed by atoms with Gasteiger partial charge in [-0.05, 0) is 63.1 Å². The molecular weight excluding hydrogens is 296 g/mol. The molecule has 1 aliphatic carbocycles. The van der Waals surface area contributed by atoms with E-state index in [4.69, 9.17) is 0 Å². The number of piperidine rings is 1. The second-order valence-electron chi connectivity index (χ2n) is 7.71. The minimum Gasteiger partial charge on any atom is -0.326 e. The first kappa shape index (κ1) is 17.5. The zero-order valence-corrected chi connectivity index (χ0v) is 15.3. The number of para-hydroxylation sites is 1. The lowest BCUT2D eigenvalue weighted by molar-refractivity contribution is -0.116. The lowest BCUT2D eigenvalue weighted by Gasteiger charge is -2.40. The molecule has 1 N–H and O–H groups in total. The Bertz CT molecular complexity index is 549. The van der Waals surface area contributed by atoms with E-state index in [1.807, 2.05) is 6.07 Å². The summed E-state index contributed by atoms with van der Waals surface area (Å²) in [5, 5.41) is 3.14. The molecule has 2 atom stereocenters. The summed E-state index contributed by atoms with van der Waals surface area (Å²) in [5.41, 5.74) is 3.28. The number of nitrogens with one attached hydrogen (secondary N) is 1. The predicted molar refractivity (Wildman–Crippen MR) is 100 cm³/mol. The van der Waals surface area contributed by atoms with Crippen LogP contribution in [0.1, 0.15) is 62.5 Å². The van der Waals surface area contributed by atoms with Gasteiger partial charge in [0.2, 0.25) is 5.91 Å². The molecule has 3 rings (SSSR count). The third kappa shape index (κ3) is 4.18. The van der Waals surface area contributed by atoms with E-state index in [2.05, 4.69) is 36.2 Å². The Balaban J connectivity index is 1.55. The average molecular weight is 329 g/mol. The highest BCUT2D eigenvalue weighted by atomic mass is 16.1. The van der Waals surface area contributed by atoms with Crippen LogP contribution < -0.4 is 5.32 Å². The van der Waals surface area contributed by atoms with E-state index in [0.717, 1.165) is 35.3 Å². The molecule has 1 heterocycles. The van der Waals surface area contributed by atoms with Crippen LogP contribution in [-0.4, -0.2) is 29.9 Å². The molecule has 3 nitrogen and oxygen atoms in total. The Morgan fingerprint density at radius 1 is 1.08 bits per heavy atom. The number of nitrogens with zero attached hydrogens (tertiary/aromatic N) is 1. The van der Waals surface area contributed by atoms with Crippen molar-refractivity contribution in [3.8, 4) is 0 Å². The maximum absolute atomic E-state index is 12.4. The molecule has 1 aromatic rings. The fourth-order valence-corrected chi connectivity index (χ4v) is 4.64. The highest BCUT2D eigenvalue weighted by Gasteiger charge is 2.31. The van der Waals surface area contributed by atoms with Crippen molar-refractivity contribution in [1.29, 1.82) is 0 Å². The summed E-state index contributed by atoms with van der Waals surface area (Å²) in [7, 11) is 0. The van der Waals surface area contributed by atoms with Crippen LogP contribution in [0.3, 0.4) is 0 Å². The molecule has 0 unspecified atom stereocenters. The normalized spacial score (nSPS) is 24.9. The minimum atomic E-state index is 0.156. The molecule has 1 saturated carbocycles. The van der Waals surface area contributed by atoms with Gasteiger partial charge in [-0.2, -0.15) is 0 Å². The van der Waals surface area contributed by atoms with Gasteiger partial charge in [-0.15, -0.1) is 0 Å². The van der Waals surface area contributed by atoms with Gasteiger partial charge < -0.3 is 5.32 Å². The maximum atomic E-state index is 12.4. The van der Waals surface area contributed by atoms with Crippen molar-refractivity contribution in [3.63, 3.8) is 0 Å². The zero-order chi connectivity index (χ0) is 16.9. The number of carbonyl (C=O) groups excluding carboxylic acids is 1. The van der Waals surface area contributed by atoms with E-state index >= 15 is 0 Å². The minimum absolute atomic E-state index is 0.156. The molecule has 132 valence electrons. The van der Waals surface area contributed by atoms with Gasteiger partial charge in [-0.25, -0.2) is 0 Å². The maximum Gasteiger partial charge on any atom is 0.225 e. The van der Waals surface area contributed by atoms with Crippen molar-refractivity contribution in [2.45, 2.75) is 71.3 Å². The van der Waals surface area contributed by atoms with Crippen molar-refractivity contribution >= 4 is 11.6 Å². The lowest BCUT2D eigenvalue weighted by atomic mass is 9.85. The SMILES string of the molecule is Cc1cccc(C)c1NC(=O)CCN1CCC[C@H]2CCCCC[C@H]21. The molecule has 24 heavy (non-hydrogen) atoms. The van der Waals surface area contributed by atoms with Crippen molar-refractivity contribution in [1.82, 2.24) is 4.90 Å².